The van der Waals surface area contributed by atoms with E-state index in [9.17, 15) is 4.79 Å². The standard InChI is InChI=1S/C15H18ClN3O3S/c1-4-6-22-13-11(16)7-10(8-12(13)21-5-2)14(20)17-15-19-18-9(3)23-15/h7-8H,4-6H2,1-3H3,(H,17,19,20). The smallest absolute Gasteiger partial charge is 0.257 e. The van der Waals surface area contributed by atoms with Gasteiger partial charge in [0.15, 0.2) is 11.5 Å². The molecule has 2 aromatic rings. The molecule has 1 amide bonds. The van der Waals surface area contributed by atoms with Gasteiger partial charge in [-0.25, -0.2) is 0 Å². The molecule has 23 heavy (non-hydrogen) atoms. The topological polar surface area (TPSA) is 73.3 Å². The van der Waals surface area contributed by atoms with Crippen LogP contribution in [0.1, 0.15) is 35.6 Å². The van der Waals surface area contributed by atoms with E-state index in [1.165, 1.54) is 11.3 Å². The second-order valence-corrected chi connectivity index (χ2v) is 6.24. The Morgan fingerprint density at radius 2 is 2.09 bits per heavy atom. The van der Waals surface area contributed by atoms with E-state index in [4.69, 9.17) is 21.1 Å². The minimum absolute atomic E-state index is 0.328. The van der Waals surface area contributed by atoms with Crippen molar-refractivity contribution in [1.29, 1.82) is 0 Å². The van der Waals surface area contributed by atoms with Crippen LogP contribution in [0, 0.1) is 6.92 Å². The van der Waals surface area contributed by atoms with E-state index in [0.29, 0.717) is 40.4 Å². The number of benzene rings is 1. The van der Waals surface area contributed by atoms with Crippen molar-refractivity contribution < 1.29 is 14.3 Å². The van der Waals surface area contributed by atoms with Crippen LogP contribution in [0.2, 0.25) is 5.02 Å². The van der Waals surface area contributed by atoms with E-state index in [-0.39, 0.29) is 5.91 Å². The maximum Gasteiger partial charge on any atom is 0.257 e. The molecule has 6 nitrogen and oxygen atoms in total. The molecule has 1 aromatic heterocycles. The summed E-state index contributed by atoms with van der Waals surface area (Å²) in [5, 5.41) is 12.0. The van der Waals surface area contributed by atoms with Crippen LogP contribution in [0.4, 0.5) is 5.13 Å². The zero-order valence-electron chi connectivity index (χ0n) is 13.2. The lowest BCUT2D eigenvalue weighted by atomic mass is 10.2. The summed E-state index contributed by atoms with van der Waals surface area (Å²) < 4.78 is 11.2. The van der Waals surface area contributed by atoms with Crippen LogP contribution in [-0.4, -0.2) is 29.3 Å². The number of rotatable bonds is 7. The zero-order valence-corrected chi connectivity index (χ0v) is 14.8. The largest absolute Gasteiger partial charge is 0.490 e. The van der Waals surface area contributed by atoms with Gasteiger partial charge in [-0.05, 0) is 32.4 Å². The number of ether oxygens (including phenoxy) is 2. The summed E-state index contributed by atoms with van der Waals surface area (Å²) in [6.07, 6.45) is 0.848. The van der Waals surface area contributed by atoms with Gasteiger partial charge in [0.25, 0.3) is 5.91 Å². The molecule has 0 aliphatic heterocycles. The molecule has 124 valence electrons. The van der Waals surface area contributed by atoms with Gasteiger partial charge in [0.1, 0.15) is 5.01 Å². The Labute approximate surface area is 143 Å². The Hall–Kier alpha value is -1.86. The Kier molecular flexibility index (Phi) is 6.18. The number of nitrogens with one attached hydrogen (secondary N) is 1. The normalized spacial score (nSPS) is 10.4. The molecule has 0 unspecified atom stereocenters. The predicted octanol–water partition coefficient (Wildman–Crippen LogP) is 3.94. The average Bonchev–Trinajstić information content (AvgIpc) is 2.91. The summed E-state index contributed by atoms with van der Waals surface area (Å²) in [6, 6.07) is 3.17. The van der Waals surface area contributed by atoms with Crippen molar-refractivity contribution in [1.82, 2.24) is 10.2 Å². The van der Waals surface area contributed by atoms with E-state index in [0.717, 1.165) is 11.4 Å². The number of aryl methyl sites for hydroxylation is 1. The lowest BCUT2D eigenvalue weighted by Crippen LogP contribution is -2.12. The number of aromatic nitrogens is 2. The molecule has 0 aliphatic carbocycles. The highest BCUT2D eigenvalue weighted by Crippen LogP contribution is 2.37. The highest BCUT2D eigenvalue weighted by Gasteiger charge is 2.17. The van der Waals surface area contributed by atoms with Crippen molar-refractivity contribution >= 4 is 34.0 Å². The van der Waals surface area contributed by atoms with E-state index in [1.54, 1.807) is 12.1 Å². The van der Waals surface area contributed by atoms with Crippen molar-refractivity contribution in [2.75, 3.05) is 18.5 Å². The summed E-state index contributed by atoms with van der Waals surface area (Å²) in [7, 11) is 0. The summed E-state index contributed by atoms with van der Waals surface area (Å²) in [5.74, 6) is 0.580. The first-order chi connectivity index (χ1) is 11.0. The summed E-state index contributed by atoms with van der Waals surface area (Å²) in [6.45, 7) is 6.64. The fraction of sp³-hybridized carbons (Fsp3) is 0.400. The van der Waals surface area contributed by atoms with Crippen LogP contribution >= 0.6 is 22.9 Å². The number of halogens is 1. The molecule has 1 heterocycles. The first kappa shape index (κ1) is 17.5. The number of hydrogen-bond donors (Lipinski definition) is 1. The van der Waals surface area contributed by atoms with Gasteiger partial charge >= 0.3 is 0 Å². The number of amides is 1. The molecule has 0 saturated heterocycles. The van der Waals surface area contributed by atoms with E-state index >= 15 is 0 Å². The predicted molar refractivity (Wildman–Crippen MR) is 91.0 cm³/mol. The lowest BCUT2D eigenvalue weighted by Gasteiger charge is -2.14. The molecule has 1 aromatic carbocycles. The third-order valence-corrected chi connectivity index (χ3v) is 3.80. The fourth-order valence-electron chi connectivity index (χ4n) is 1.82. The number of carbonyl (C=O) groups is 1. The monoisotopic (exact) mass is 355 g/mol. The van der Waals surface area contributed by atoms with E-state index in [2.05, 4.69) is 15.5 Å². The molecular weight excluding hydrogens is 338 g/mol. The molecule has 0 fully saturated rings. The van der Waals surface area contributed by atoms with E-state index < -0.39 is 0 Å². The Morgan fingerprint density at radius 3 is 2.70 bits per heavy atom. The summed E-state index contributed by atoms with van der Waals surface area (Å²) in [5.41, 5.74) is 0.371. The van der Waals surface area contributed by atoms with Gasteiger partial charge < -0.3 is 9.47 Å². The van der Waals surface area contributed by atoms with Crippen LogP contribution in [0.25, 0.3) is 0 Å². The van der Waals surface area contributed by atoms with Crippen molar-refractivity contribution in [3.8, 4) is 11.5 Å². The second kappa shape index (κ2) is 8.12. The number of hydrogen-bond acceptors (Lipinski definition) is 6. The van der Waals surface area contributed by atoms with Gasteiger partial charge in [-0.3, -0.25) is 10.1 Å². The molecule has 2 rings (SSSR count). The van der Waals surface area contributed by atoms with Gasteiger partial charge in [-0.15, -0.1) is 10.2 Å². The molecule has 1 N–H and O–H groups in total. The third kappa shape index (κ3) is 4.56. The number of nitrogens with zero attached hydrogens (tertiary/aromatic N) is 2. The maximum absolute atomic E-state index is 12.3. The molecular formula is C15H18ClN3O3S. The molecule has 0 bridgehead atoms. The second-order valence-electron chi connectivity index (χ2n) is 4.65. The van der Waals surface area contributed by atoms with Gasteiger partial charge in [-0.2, -0.15) is 0 Å². The first-order valence-electron chi connectivity index (χ1n) is 7.25. The van der Waals surface area contributed by atoms with Crippen molar-refractivity contribution in [2.24, 2.45) is 0 Å². The SMILES string of the molecule is CCCOc1c(Cl)cc(C(=O)Nc2nnc(C)s2)cc1OCC. The molecule has 0 aliphatic rings. The first-order valence-corrected chi connectivity index (χ1v) is 8.45. The molecule has 0 atom stereocenters. The van der Waals surface area contributed by atoms with E-state index in [1.807, 2.05) is 20.8 Å². The Balaban J connectivity index is 2.25. The van der Waals surface area contributed by atoms with Crippen LogP contribution in [0.3, 0.4) is 0 Å². The Bertz CT molecular complexity index is 691. The minimum Gasteiger partial charge on any atom is -0.490 e. The number of carbonyl (C=O) groups excluding carboxylic acids is 1. The maximum atomic E-state index is 12.3. The van der Waals surface area contributed by atoms with Crippen molar-refractivity contribution in [3.05, 3.63) is 27.7 Å². The third-order valence-electron chi connectivity index (χ3n) is 2.77. The van der Waals surface area contributed by atoms with Gasteiger partial charge in [0.2, 0.25) is 5.13 Å². The van der Waals surface area contributed by atoms with Crippen LogP contribution in [-0.2, 0) is 0 Å². The van der Waals surface area contributed by atoms with Crippen LogP contribution in [0.15, 0.2) is 12.1 Å². The highest BCUT2D eigenvalue weighted by molar-refractivity contribution is 7.15. The van der Waals surface area contributed by atoms with Crippen molar-refractivity contribution in [3.63, 3.8) is 0 Å². The van der Waals surface area contributed by atoms with Crippen molar-refractivity contribution in [2.45, 2.75) is 27.2 Å². The highest BCUT2D eigenvalue weighted by atomic mass is 35.5. The summed E-state index contributed by atoms with van der Waals surface area (Å²) in [4.78, 5) is 12.3. The van der Waals surface area contributed by atoms with Gasteiger partial charge in [0.05, 0.1) is 18.2 Å². The van der Waals surface area contributed by atoms with Gasteiger partial charge in [-0.1, -0.05) is 29.9 Å². The van der Waals surface area contributed by atoms with Gasteiger partial charge in [0, 0.05) is 5.56 Å². The Morgan fingerprint density at radius 1 is 1.30 bits per heavy atom. The molecule has 0 saturated carbocycles. The number of anilines is 1. The lowest BCUT2D eigenvalue weighted by molar-refractivity contribution is 0.102. The molecule has 8 heteroatoms. The molecule has 0 spiro atoms. The zero-order chi connectivity index (χ0) is 16.8. The van der Waals surface area contributed by atoms with Crippen LogP contribution < -0.4 is 14.8 Å². The van der Waals surface area contributed by atoms with Crippen LogP contribution in [0.5, 0.6) is 11.5 Å². The minimum atomic E-state index is -0.328. The average molecular weight is 356 g/mol. The molecule has 0 radical (unpaired) electrons. The summed E-state index contributed by atoms with van der Waals surface area (Å²) >= 11 is 7.55. The fourth-order valence-corrected chi connectivity index (χ4v) is 2.67. The quantitative estimate of drug-likeness (QED) is 0.814.